The maximum atomic E-state index is 11.9. The number of methoxy groups -OCH3 is 2. The molecule has 2 amide bonds. The largest absolute Gasteiger partial charge is 0.497 e. The highest BCUT2D eigenvalue weighted by atomic mass is 16.5. The Morgan fingerprint density at radius 3 is 2.35 bits per heavy atom. The number of guanidine groups is 1. The van der Waals surface area contributed by atoms with E-state index in [1.807, 2.05) is 37.3 Å². The highest BCUT2D eigenvalue weighted by molar-refractivity contribution is 5.96. The molecule has 9 nitrogen and oxygen atoms in total. The Kier molecular flexibility index (Phi) is 9.15. The molecule has 2 aromatic rings. The van der Waals surface area contributed by atoms with Crippen molar-refractivity contribution in [1.29, 1.82) is 0 Å². The highest BCUT2D eigenvalue weighted by Gasteiger charge is 2.08. The number of rotatable bonds is 10. The molecule has 0 spiro atoms. The number of carbonyl (C=O) groups excluding carboxylic acids is 2. The summed E-state index contributed by atoms with van der Waals surface area (Å²) in [4.78, 5) is 27.3. The van der Waals surface area contributed by atoms with E-state index < -0.39 is 5.91 Å². The lowest BCUT2D eigenvalue weighted by Crippen LogP contribution is -2.36. The maximum absolute atomic E-state index is 11.9. The lowest BCUT2D eigenvalue weighted by molar-refractivity contribution is -0.117. The van der Waals surface area contributed by atoms with E-state index in [9.17, 15) is 9.59 Å². The predicted molar refractivity (Wildman–Crippen MR) is 119 cm³/mol. The fourth-order valence-corrected chi connectivity index (χ4v) is 2.72. The lowest BCUT2D eigenvalue weighted by atomic mass is 10.1. The van der Waals surface area contributed by atoms with Crippen LogP contribution in [-0.2, 0) is 17.9 Å². The van der Waals surface area contributed by atoms with Crippen molar-refractivity contribution >= 4 is 17.8 Å². The molecule has 9 heteroatoms. The van der Waals surface area contributed by atoms with Gasteiger partial charge in [0.05, 0.1) is 27.3 Å². The highest BCUT2D eigenvalue weighted by Crippen LogP contribution is 2.24. The second-order valence-corrected chi connectivity index (χ2v) is 6.57. The fraction of sp³-hybridized carbons (Fsp3) is 0.318. The van der Waals surface area contributed by atoms with Crippen LogP contribution in [0.1, 0.15) is 28.4 Å². The fourth-order valence-electron chi connectivity index (χ4n) is 2.72. The Balaban J connectivity index is 1.99. The lowest BCUT2D eigenvalue weighted by Gasteiger charge is -2.14. The van der Waals surface area contributed by atoms with Gasteiger partial charge in [0.15, 0.2) is 5.96 Å². The number of carbonyl (C=O) groups is 2. The number of nitrogens with one attached hydrogen (secondary N) is 3. The second-order valence-electron chi connectivity index (χ2n) is 6.57. The number of nitrogens with two attached hydrogens (primary N) is 1. The normalized spacial score (nSPS) is 10.9. The van der Waals surface area contributed by atoms with Gasteiger partial charge >= 0.3 is 0 Å². The predicted octanol–water partition coefficient (Wildman–Crippen LogP) is 1.17. The zero-order valence-corrected chi connectivity index (χ0v) is 18.0. The SMILES string of the molecule is CCNC(=NCc1ccc(C(=O)NCC(N)=O)cc1)NCc1ccc(OC)cc1OC. The Labute approximate surface area is 182 Å². The molecule has 0 aromatic heterocycles. The van der Waals surface area contributed by atoms with Crippen LogP contribution in [0, 0.1) is 0 Å². The van der Waals surface area contributed by atoms with Gasteiger partial charge < -0.3 is 31.2 Å². The molecular weight excluding hydrogens is 398 g/mol. The first-order valence-corrected chi connectivity index (χ1v) is 9.85. The molecule has 0 fully saturated rings. The van der Waals surface area contributed by atoms with Crippen molar-refractivity contribution in [1.82, 2.24) is 16.0 Å². The van der Waals surface area contributed by atoms with Crippen molar-refractivity contribution in [3.8, 4) is 11.5 Å². The van der Waals surface area contributed by atoms with E-state index in [4.69, 9.17) is 15.2 Å². The van der Waals surface area contributed by atoms with Crippen LogP contribution in [0.3, 0.4) is 0 Å². The molecule has 0 saturated heterocycles. The smallest absolute Gasteiger partial charge is 0.251 e. The van der Waals surface area contributed by atoms with Crippen molar-refractivity contribution in [2.45, 2.75) is 20.0 Å². The quantitative estimate of drug-likeness (QED) is 0.333. The zero-order chi connectivity index (χ0) is 22.6. The third-order valence-corrected chi connectivity index (χ3v) is 4.34. The molecule has 0 bridgehead atoms. The summed E-state index contributed by atoms with van der Waals surface area (Å²) in [5, 5.41) is 8.95. The first kappa shape index (κ1) is 23.5. The standard InChI is InChI=1S/C22H29N5O4/c1-4-24-22(27-13-17-9-10-18(30-2)11-19(17)31-3)26-12-15-5-7-16(8-6-15)21(29)25-14-20(23)28/h5-11H,4,12-14H2,1-3H3,(H2,23,28)(H,25,29)(H2,24,26,27). The molecule has 0 unspecified atom stereocenters. The van der Waals surface area contributed by atoms with E-state index in [0.717, 1.165) is 22.6 Å². The van der Waals surface area contributed by atoms with Gasteiger partial charge in [0.1, 0.15) is 11.5 Å². The summed E-state index contributed by atoms with van der Waals surface area (Å²) < 4.78 is 10.7. The van der Waals surface area contributed by atoms with E-state index in [-0.39, 0.29) is 12.5 Å². The Hall–Kier alpha value is -3.75. The molecule has 0 atom stereocenters. The summed E-state index contributed by atoms with van der Waals surface area (Å²) in [6.45, 7) is 3.47. The molecule has 2 rings (SSSR count). The van der Waals surface area contributed by atoms with Crippen molar-refractivity contribution in [3.63, 3.8) is 0 Å². The molecule has 0 aliphatic rings. The summed E-state index contributed by atoms with van der Waals surface area (Å²) in [5.74, 6) is 1.18. The van der Waals surface area contributed by atoms with Crippen LogP contribution in [0.2, 0.25) is 0 Å². The molecule has 166 valence electrons. The second kappa shape index (κ2) is 12.1. The number of hydrogen-bond donors (Lipinski definition) is 4. The molecule has 5 N–H and O–H groups in total. The molecule has 0 heterocycles. The van der Waals surface area contributed by atoms with Gasteiger partial charge in [-0.1, -0.05) is 12.1 Å². The van der Waals surface area contributed by atoms with E-state index in [1.165, 1.54) is 0 Å². The van der Waals surface area contributed by atoms with Gasteiger partial charge in [-0.05, 0) is 36.8 Å². The summed E-state index contributed by atoms with van der Waals surface area (Å²) in [6, 6.07) is 12.7. The molecule has 31 heavy (non-hydrogen) atoms. The van der Waals surface area contributed by atoms with E-state index in [0.29, 0.717) is 31.2 Å². The zero-order valence-electron chi connectivity index (χ0n) is 18.0. The molecule has 0 aliphatic carbocycles. The van der Waals surface area contributed by atoms with Gasteiger partial charge in [0.25, 0.3) is 5.91 Å². The Morgan fingerprint density at radius 1 is 1.00 bits per heavy atom. The molecule has 0 saturated carbocycles. The molecule has 0 aliphatic heterocycles. The van der Waals surface area contributed by atoms with E-state index >= 15 is 0 Å². The van der Waals surface area contributed by atoms with Crippen molar-refractivity contribution < 1.29 is 19.1 Å². The van der Waals surface area contributed by atoms with Crippen molar-refractivity contribution in [2.75, 3.05) is 27.3 Å². The van der Waals surface area contributed by atoms with Crippen LogP contribution < -0.4 is 31.2 Å². The van der Waals surface area contributed by atoms with Gasteiger partial charge in [0, 0.05) is 30.3 Å². The van der Waals surface area contributed by atoms with Crippen LogP contribution in [0.15, 0.2) is 47.5 Å². The minimum absolute atomic E-state index is 0.193. The molecule has 0 radical (unpaired) electrons. The maximum Gasteiger partial charge on any atom is 0.251 e. The Morgan fingerprint density at radius 2 is 1.74 bits per heavy atom. The number of benzene rings is 2. The average Bonchev–Trinajstić information content (AvgIpc) is 2.79. The van der Waals surface area contributed by atoms with Crippen LogP contribution in [-0.4, -0.2) is 45.1 Å². The van der Waals surface area contributed by atoms with Crippen LogP contribution in [0.25, 0.3) is 0 Å². The van der Waals surface area contributed by atoms with Crippen molar-refractivity contribution in [2.24, 2.45) is 10.7 Å². The number of nitrogens with zero attached hydrogens (tertiary/aromatic N) is 1. The number of primary amides is 1. The minimum Gasteiger partial charge on any atom is -0.497 e. The summed E-state index contributed by atoms with van der Waals surface area (Å²) in [7, 11) is 3.23. The first-order chi connectivity index (χ1) is 15.0. The van der Waals surface area contributed by atoms with Crippen molar-refractivity contribution in [3.05, 3.63) is 59.2 Å². The number of hydrogen-bond acceptors (Lipinski definition) is 5. The molecule has 2 aromatic carbocycles. The third kappa shape index (κ3) is 7.54. The van der Waals surface area contributed by atoms with E-state index in [2.05, 4.69) is 20.9 Å². The molecular formula is C22H29N5O4. The van der Waals surface area contributed by atoms with Gasteiger partial charge in [-0.3, -0.25) is 9.59 Å². The third-order valence-electron chi connectivity index (χ3n) is 4.34. The first-order valence-electron chi connectivity index (χ1n) is 9.85. The van der Waals surface area contributed by atoms with Gasteiger partial charge in [-0.15, -0.1) is 0 Å². The summed E-state index contributed by atoms with van der Waals surface area (Å²) >= 11 is 0. The van der Waals surface area contributed by atoms with Crippen LogP contribution in [0.4, 0.5) is 0 Å². The van der Waals surface area contributed by atoms with Gasteiger partial charge in [-0.2, -0.15) is 0 Å². The van der Waals surface area contributed by atoms with Crippen LogP contribution in [0.5, 0.6) is 11.5 Å². The summed E-state index contributed by atoms with van der Waals surface area (Å²) in [5.41, 5.74) is 7.39. The average molecular weight is 428 g/mol. The number of ether oxygens (including phenoxy) is 2. The Bertz CT molecular complexity index is 913. The summed E-state index contributed by atoms with van der Waals surface area (Å²) in [6.07, 6.45) is 0. The number of aliphatic imine (C=N–C) groups is 1. The minimum atomic E-state index is -0.588. The topological polar surface area (TPSA) is 127 Å². The monoisotopic (exact) mass is 427 g/mol. The van der Waals surface area contributed by atoms with E-state index in [1.54, 1.807) is 26.4 Å². The van der Waals surface area contributed by atoms with Gasteiger partial charge in [0.2, 0.25) is 5.91 Å². The van der Waals surface area contributed by atoms with Crippen LogP contribution >= 0.6 is 0 Å². The number of amides is 2. The van der Waals surface area contributed by atoms with Gasteiger partial charge in [-0.25, -0.2) is 4.99 Å².